The summed E-state index contributed by atoms with van der Waals surface area (Å²) >= 11 is 0. The van der Waals surface area contributed by atoms with Crippen molar-refractivity contribution in [1.29, 1.82) is 0 Å². The first-order valence-electron chi connectivity index (χ1n) is 5.98. The van der Waals surface area contributed by atoms with Crippen LogP contribution in [0.15, 0.2) is 18.2 Å². The average molecular weight is 245 g/mol. The van der Waals surface area contributed by atoms with Gasteiger partial charge in [0.25, 0.3) is 0 Å². The molecule has 1 aromatic carbocycles. The van der Waals surface area contributed by atoms with Crippen LogP contribution >= 0.6 is 0 Å². The largest absolute Gasteiger partial charge is 0.496 e. The van der Waals surface area contributed by atoms with Gasteiger partial charge in [0.1, 0.15) is 5.75 Å². The van der Waals surface area contributed by atoms with Crippen molar-refractivity contribution in [3.05, 3.63) is 18.2 Å². The number of benzene rings is 1. The van der Waals surface area contributed by atoms with E-state index in [1.54, 1.807) is 13.2 Å². The number of methoxy groups -OCH3 is 1. The maximum atomic E-state index is 5.75. The molecule has 0 saturated heterocycles. The van der Waals surface area contributed by atoms with E-state index in [0.717, 1.165) is 17.9 Å². The predicted octanol–water partition coefficient (Wildman–Crippen LogP) is 1.34. The Morgan fingerprint density at radius 2 is 2.28 bits per heavy atom. The fraction of sp³-hybridized carbons (Fsp3) is 0.417. The fourth-order valence-electron chi connectivity index (χ4n) is 1.96. The van der Waals surface area contributed by atoms with Crippen LogP contribution in [0.3, 0.4) is 0 Å². The molecule has 0 atom stereocenters. The first kappa shape index (κ1) is 11.0. The number of ether oxygens (including phenoxy) is 1. The van der Waals surface area contributed by atoms with E-state index in [4.69, 9.17) is 10.5 Å². The van der Waals surface area contributed by atoms with Gasteiger partial charge in [-0.2, -0.15) is 0 Å². The highest BCUT2D eigenvalue weighted by molar-refractivity contribution is 5.67. The van der Waals surface area contributed by atoms with Crippen LogP contribution in [0.5, 0.6) is 5.75 Å². The van der Waals surface area contributed by atoms with Crippen LogP contribution in [0.2, 0.25) is 0 Å². The zero-order chi connectivity index (χ0) is 12.5. The lowest BCUT2D eigenvalue weighted by molar-refractivity contribution is 0.415. The van der Waals surface area contributed by atoms with Gasteiger partial charge in [-0.15, -0.1) is 5.10 Å². The van der Waals surface area contributed by atoms with E-state index in [0.29, 0.717) is 17.4 Å². The van der Waals surface area contributed by atoms with Crippen molar-refractivity contribution in [1.82, 2.24) is 20.2 Å². The van der Waals surface area contributed by atoms with Gasteiger partial charge in [-0.05, 0) is 41.3 Å². The molecule has 1 saturated carbocycles. The quantitative estimate of drug-likeness (QED) is 0.822. The van der Waals surface area contributed by atoms with Crippen LogP contribution in [-0.4, -0.2) is 27.3 Å². The minimum absolute atomic E-state index is 0.664. The molecule has 0 radical (unpaired) electrons. The van der Waals surface area contributed by atoms with Crippen molar-refractivity contribution in [3.8, 4) is 17.1 Å². The molecule has 0 spiro atoms. The van der Waals surface area contributed by atoms with Gasteiger partial charge in [0, 0.05) is 18.3 Å². The summed E-state index contributed by atoms with van der Waals surface area (Å²) in [6, 6.07) is 5.50. The Hall–Kier alpha value is -2.11. The van der Waals surface area contributed by atoms with Gasteiger partial charge in [0.05, 0.1) is 12.7 Å². The van der Waals surface area contributed by atoms with E-state index in [2.05, 4.69) is 15.5 Å². The van der Waals surface area contributed by atoms with Crippen molar-refractivity contribution in [2.24, 2.45) is 5.92 Å². The van der Waals surface area contributed by atoms with Crippen molar-refractivity contribution < 1.29 is 4.74 Å². The number of aromatic nitrogens is 4. The minimum atomic E-state index is 0.664. The molecule has 6 heteroatoms. The van der Waals surface area contributed by atoms with Crippen molar-refractivity contribution in [2.75, 3.05) is 12.8 Å². The van der Waals surface area contributed by atoms with Crippen LogP contribution in [0.25, 0.3) is 11.4 Å². The number of hydrogen-bond acceptors (Lipinski definition) is 5. The molecule has 1 heterocycles. The molecule has 2 N–H and O–H groups in total. The summed E-state index contributed by atoms with van der Waals surface area (Å²) in [6.07, 6.45) is 2.52. The van der Waals surface area contributed by atoms with E-state index in [1.165, 1.54) is 12.8 Å². The molecule has 1 aliphatic carbocycles. The molecule has 1 aromatic heterocycles. The van der Waals surface area contributed by atoms with Crippen LogP contribution in [0.1, 0.15) is 12.8 Å². The molecule has 3 rings (SSSR count). The number of tetrazole rings is 1. The number of hydrogen-bond donors (Lipinski definition) is 1. The maximum Gasteiger partial charge on any atom is 0.185 e. The Morgan fingerprint density at radius 1 is 1.44 bits per heavy atom. The van der Waals surface area contributed by atoms with E-state index >= 15 is 0 Å². The van der Waals surface area contributed by atoms with Gasteiger partial charge in [0.15, 0.2) is 5.82 Å². The highest BCUT2D eigenvalue weighted by atomic mass is 16.5. The van der Waals surface area contributed by atoms with Gasteiger partial charge in [-0.1, -0.05) is 0 Å². The summed E-state index contributed by atoms with van der Waals surface area (Å²) < 4.78 is 7.18. The number of rotatable bonds is 4. The molecule has 2 aromatic rings. The van der Waals surface area contributed by atoms with Crippen LogP contribution in [0.4, 0.5) is 5.69 Å². The molecule has 0 bridgehead atoms. The highest BCUT2D eigenvalue weighted by Gasteiger charge is 2.24. The number of nitrogen functional groups attached to an aromatic ring is 1. The molecule has 0 aliphatic heterocycles. The number of anilines is 1. The maximum absolute atomic E-state index is 5.75. The topological polar surface area (TPSA) is 78.8 Å². The third-order valence-corrected chi connectivity index (χ3v) is 3.13. The monoisotopic (exact) mass is 245 g/mol. The second-order valence-corrected chi connectivity index (χ2v) is 4.59. The first-order valence-corrected chi connectivity index (χ1v) is 5.98. The van der Waals surface area contributed by atoms with E-state index in [9.17, 15) is 0 Å². The lowest BCUT2D eigenvalue weighted by Gasteiger charge is -2.09. The first-order chi connectivity index (χ1) is 8.78. The van der Waals surface area contributed by atoms with Gasteiger partial charge >= 0.3 is 0 Å². The van der Waals surface area contributed by atoms with Crippen molar-refractivity contribution >= 4 is 5.69 Å². The molecular formula is C12H15N5O. The average Bonchev–Trinajstić information content (AvgIpc) is 3.07. The van der Waals surface area contributed by atoms with Crippen LogP contribution in [0, 0.1) is 5.92 Å². The molecule has 0 unspecified atom stereocenters. The van der Waals surface area contributed by atoms with Gasteiger partial charge < -0.3 is 10.5 Å². The third-order valence-electron chi connectivity index (χ3n) is 3.13. The lowest BCUT2D eigenvalue weighted by atomic mass is 10.1. The SMILES string of the molecule is COc1cc(N)ccc1-c1nnnn1CC1CC1. The van der Waals surface area contributed by atoms with E-state index in [-0.39, 0.29) is 0 Å². The second kappa shape index (κ2) is 4.29. The normalized spacial score (nSPS) is 14.7. The number of nitrogens with two attached hydrogens (primary N) is 1. The Labute approximate surface area is 105 Å². The zero-order valence-corrected chi connectivity index (χ0v) is 10.2. The molecule has 1 fully saturated rings. The standard InChI is InChI=1S/C12H15N5O/c1-18-11-6-9(13)4-5-10(11)12-14-15-16-17(12)7-8-2-3-8/h4-6,8H,2-3,7,13H2,1H3. The van der Waals surface area contributed by atoms with Gasteiger partial charge in [-0.3, -0.25) is 0 Å². The highest BCUT2D eigenvalue weighted by Crippen LogP contribution is 2.34. The Bertz CT molecular complexity index is 561. The van der Waals surface area contributed by atoms with Crippen LogP contribution in [-0.2, 0) is 6.54 Å². The molecule has 0 amide bonds. The van der Waals surface area contributed by atoms with Crippen LogP contribution < -0.4 is 10.5 Å². The summed E-state index contributed by atoms with van der Waals surface area (Å²) in [5.41, 5.74) is 7.28. The minimum Gasteiger partial charge on any atom is -0.496 e. The summed E-state index contributed by atoms with van der Waals surface area (Å²) in [5.74, 6) is 2.15. The summed E-state index contributed by atoms with van der Waals surface area (Å²) in [5, 5.41) is 11.9. The fourth-order valence-corrected chi connectivity index (χ4v) is 1.96. The summed E-state index contributed by atoms with van der Waals surface area (Å²) in [7, 11) is 1.62. The lowest BCUT2D eigenvalue weighted by Crippen LogP contribution is -2.05. The van der Waals surface area contributed by atoms with Crippen molar-refractivity contribution in [2.45, 2.75) is 19.4 Å². The van der Waals surface area contributed by atoms with Crippen molar-refractivity contribution in [3.63, 3.8) is 0 Å². The second-order valence-electron chi connectivity index (χ2n) is 4.59. The van der Waals surface area contributed by atoms with Gasteiger partial charge in [0.2, 0.25) is 0 Å². The summed E-state index contributed by atoms with van der Waals surface area (Å²) in [4.78, 5) is 0. The Balaban J connectivity index is 2.00. The molecule has 18 heavy (non-hydrogen) atoms. The molecule has 6 nitrogen and oxygen atoms in total. The number of nitrogens with zero attached hydrogens (tertiary/aromatic N) is 4. The van der Waals surface area contributed by atoms with Gasteiger partial charge in [-0.25, -0.2) is 4.68 Å². The Morgan fingerprint density at radius 3 is 3.00 bits per heavy atom. The predicted molar refractivity (Wildman–Crippen MR) is 66.9 cm³/mol. The van der Waals surface area contributed by atoms with E-state index < -0.39 is 0 Å². The smallest absolute Gasteiger partial charge is 0.185 e. The molecular weight excluding hydrogens is 230 g/mol. The summed E-state index contributed by atoms with van der Waals surface area (Å²) in [6.45, 7) is 0.871. The molecule has 94 valence electrons. The van der Waals surface area contributed by atoms with E-state index in [1.807, 2.05) is 16.8 Å². The Kier molecular flexibility index (Phi) is 2.62. The molecule has 1 aliphatic rings. The third kappa shape index (κ3) is 2.01. The zero-order valence-electron chi connectivity index (χ0n) is 10.2.